The van der Waals surface area contributed by atoms with Crippen LogP contribution in [0.25, 0.3) is 11.0 Å². The second-order valence-corrected chi connectivity index (χ2v) is 6.18. The van der Waals surface area contributed by atoms with Crippen molar-refractivity contribution in [1.82, 2.24) is 0 Å². The average Bonchev–Trinajstić information content (AvgIpc) is 2.46. The maximum absolute atomic E-state index is 11.6. The van der Waals surface area contributed by atoms with Gasteiger partial charge in [0.05, 0.1) is 0 Å². The Morgan fingerprint density at radius 1 is 1.05 bits per heavy atom. The molecule has 0 amide bonds. The molecule has 20 heavy (non-hydrogen) atoms. The molecule has 1 heterocycles. The van der Waals surface area contributed by atoms with Gasteiger partial charge in [0.15, 0.2) is 0 Å². The molecule has 3 aromatic rings. The molecule has 0 spiro atoms. The first-order chi connectivity index (χ1) is 9.74. The number of hydrogen-bond donors (Lipinski definition) is 0. The summed E-state index contributed by atoms with van der Waals surface area (Å²) in [5.74, 6) is 0.800. The predicted molar refractivity (Wildman–Crippen MR) is 86.2 cm³/mol. The second-order valence-electron chi connectivity index (χ2n) is 4.31. The highest BCUT2D eigenvalue weighted by Crippen LogP contribution is 2.30. The first kappa shape index (κ1) is 13.5. The number of rotatable bonds is 3. The molecule has 0 unspecified atom stereocenters. The van der Waals surface area contributed by atoms with Crippen LogP contribution in [0.2, 0.25) is 0 Å². The Kier molecular flexibility index (Phi) is 3.94. The van der Waals surface area contributed by atoms with Gasteiger partial charge < -0.3 is 4.42 Å². The van der Waals surface area contributed by atoms with Crippen LogP contribution < -0.4 is 5.63 Å². The van der Waals surface area contributed by atoms with E-state index in [1.165, 1.54) is 5.56 Å². The normalized spacial score (nSPS) is 10.8. The number of fused-ring (bicyclic) bond motifs is 1. The molecule has 4 heteroatoms. The van der Waals surface area contributed by atoms with Gasteiger partial charge in [-0.15, -0.1) is 11.8 Å². The molecule has 2 nitrogen and oxygen atoms in total. The van der Waals surface area contributed by atoms with Crippen LogP contribution >= 0.6 is 27.7 Å². The molecule has 3 rings (SSSR count). The number of halogens is 1. The van der Waals surface area contributed by atoms with E-state index in [2.05, 4.69) is 22.0 Å². The van der Waals surface area contributed by atoms with Gasteiger partial charge in [-0.05, 0) is 17.7 Å². The van der Waals surface area contributed by atoms with Gasteiger partial charge in [-0.3, -0.25) is 0 Å². The largest absolute Gasteiger partial charge is 0.423 e. The Bertz CT molecular complexity index is 811. The minimum absolute atomic E-state index is 0.307. The van der Waals surface area contributed by atoms with E-state index in [9.17, 15) is 4.79 Å². The van der Waals surface area contributed by atoms with Crippen molar-refractivity contribution in [3.8, 4) is 0 Å². The molecule has 0 atom stereocenters. The molecule has 0 fully saturated rings. The monoisotopic (exact) mass is 346 g/mol. The predicted octanol–water partition coefficient (Wildman–Crippen LogP) is 4.85. The van der Waals surface area contributed by atoms with Crippen LogP contribution in [0.4, 0.5) is 0 Å². The third-order valence-electron chi connectivity index (χ3n) is 2.95. The van der Waals surface area contributed by atoms with Crippen LogP contribution in [0.15, 0.2) is 73.2 Å². The maximum Gasteiger partial charge on any atom is 0.337 e. The molecular formula is C16H11BrO2S. The van der Waals surface area contributed by atoms with Crippen molar-refractivity contribution >= 4 is 38.7 Å². The summed E-state index contributed by atoms with van der Waals surface area (Å²) in [7, 11) is 0. The first-order valence-electron chi connectivity index (χ1n) is 6.13. The highest BCUT2D eigenvalue weighted by molar-refractivity contribution is 9.10. The van der Waals surface area contributed by atoms with Crippen LogP contribution in [0.1, 0.15) is 5.56 Å². The minimum Gasteiger partial charge on any atom is -0.423 e. The zero-order valence-corrected chi connectivity index (χ0v) is 12.9. The minimum atomic E-state index is -0.307. The van der Waals surface area contributed by atoms with Crippen molar-refractivity contribution in [1.29, 1.82) is 0 Å². The molecule has 2 aromatic carbocycles. The van der Waals surface area contributed by atoms with Crippen LogP contribution in [-0.4, -0.2) is 0 Å². The Labute approximate surface area is 128 Å². The summed E-state index contributed by atoms with van der Waals surface area (Å²) in [6.45, 7) is 0. The molecule has 0 N–H and O–H groups in total. The lowest BCUT2D eigenvalue weighted by Crippen LogP contribution is -1.97. The van der Waals surface area contributed by atoms with Crippen molar-refractivity contribution in [3.05, 3.63) is 75.1 Å². The zero-order chi connectivity index (χ0) is 13.9. The first-order valence-corrected chi connectivity index (χ1v) is 7.91. The van der Waals surface area contributed by atoms with E-state index in [0.717, 1.165) is 20.5 Å². The number of benzene rings is 2. The summed E-state index contributed by atoms with van der Waals surface area (Å²) >= 11 is 5.18. The number of para-hydroxylation sites is 1. The maximum atomic E-state index is 11.6. The summed E-state index contributed by atoms with van der Waals surface area (Å²) in [6.07, 6.45) is 0. The molecule has 0 saturated carbocycles. The number of hydrogen-bond acceptors (Lipinski definition) is 3. The van der Waals surface area contributed by atoms with E-state index < -0.39 is 0 Å². The average molecular weight is 347 g/mol. The quantitative estimate of drug-likeness (QED) is 0.501. The molecule has 1 aromatic heterocycles. The van der Waals surface area contributed by atoms with Gasteiger partial charge >= 0.3 is 5.63 Å². The standard InChI is InChI=1S/C16H11BrO2S/c17-13-7-3-1-5-11(13)10-20-15-9-16(18)19-14-8-4-2-6-12(14)15/h1-9H,10H2. The van der Waals surface area contributed by atoms with Crippen molar-refractivity contribution in [2.45, 2.75) is 10.6 Å². The second kappa shape index (κ2) is 5.85. The molecule has 0 aliphatic rings. The van der Waals surface area contributed by atoms with Crippen LogP contribution in [0.3, 0.4) is 0 Å². The van der Waals surface area contributed by atoms with Crippen molar-refractivity contribution in [3.63, 3.8) is 0 Å². The molecule has 0 radical (unpaired) electrons. The molecule has 0 bridgehead atoms. The lowest BCUT2D eigenvalue weighted by molar-refractivity contribution is 0.557. The Balaban J connectivity index is 1.95. The summed E-state index contributed by atoms with van der Waals surface area (Å²) in [5.41, 5.74) is 1.53. The Morgan fingerprint density at radius 3 is 2.65 bits per heavy atom. The molecule has 0 saturated heterocycles. The van der Waals surface area contributed by atoms with Gasteiger partial charge in [0.2, 0.25) is 0 Å². The SMILES string of the molecule is O=c1cc(SCc2ccccc2Br)c2ccccc2o1. The summed E-state index contributed by atoms with van der Waals surface area (Å²) in [6, 6.07) is 17.3. The van der Waals surface area contributed by atoms with Gasteiger partial charge in [-0.1, -0.05) is 52.3 Å². The number of thioether (sulfide) groups is 1. The fourth-order valence-electron chi connectivity index (χ4n) is 1.97. The highest BCUT2D eigenvalue weighted by atomic mass is 79.9. The summed E-state index contributed by atoms with van der Waals surface area (Å²) in [4.78, 5) is 12.5. The fraction of sp³-hybridized carbons (Fsp3) is 0.0625. The van der Waals surface area contributed by atoms with Crippen LogP contribution in [-0.2, 0) is 5.75 Å². The van der Waals surface area contributed by atoms with E-state index in [4.69, 9.17) is 4.42 Å². The highest BCUT2D eigenvalue weighted by Gasteiger charge is 2.07. The third kappa shape index (κ3) is 2.81. The van der Waals surface area contributed by atoms with Crippen molar-refractivity contribution < 1.29 is 4.42 Å². The summed E-state index contributed by atoms with van der Waals surface area (Å²) in [5, 5.41) is 0.976. The molecule has 100 valence electrons. The van der Waals surface area contributed by atoms with Gasteiger partial charge in [0.1, 0.15) is 5.58 Å². The topological polar surface area (TPSA) is 30.2 Å². The van der Waals surface area contributed by atoms with Gasteiger partial charge in [0, 0.05) is 26.6 Å². The van der Waals surface area contributed by atoms with Crippen molar-refractivity contribution in [2.24, 2.45) is 0 Å². The Morgan fingerprint density at radius 2 is 1.80 bits per heavy atom. The lowest BCUT2D eigenvalue weighted by atomic mass is 10.2. The lowest BCUT2D eigenvalue weighted by Gasteiger charge is -2.06. The summed E-state index contributed by atoms with van der Waals surface area (Å²) < 4.78 is 6.28. The van der Waals surface area contributed by atoms with E-state index >= 15 is 0 Å². The van der Waals surface area contributed by atoms with E-state index in [1.807, 2.05) is 42.5 Å². The molecule has 0 aliphatic carbocycles. The van der Waals surface area contributed by atoms with Crippen LogP contribution in [0, 0.1) is 0 Å². The fourth-order valence-corrected chi connectivity index (χ4v) is 3.65. The van der Waals surface area contributed by atoms with Crippen LogP contribution in [0.5, 0.6) is 0 Å². The smallest absolute Gasteiger partial charge is 0.337 e. The molecular weight excluding hydrogens is 336 g/mol. The van der Waals surface area contributed by atoms with Gasteiger partial charge in [-0.2, -0.15) is 0 Å². The van der Waals surface area contributed by atoms with Gasteiger partial charge in [-0.25, -0.2) is 4.79 Å². The van der Waals surface area contributed by atoms with E-state index in [-0.39, 0.29) is 5.63 Å². The van der Waals surface area contributed by atoms with E-state index in [0.29, 0.717) is 5.58 Å². The van der Waals surface area contributed by atoms with E-state index in [1.54, 1.807) is 17.8 Å². The Hall–Kier alpha value is -1.52. The third-order valence-corrected chi connectivity index (χ3v) is 4.83. The zero-order valence-electron chi connectivity index (χ0n) is 10.5. The van der Waals surface area contributed by atoms with Gasteiger partial charge in [0.25, 0.3) is 0 Å². The molecule has 0 aliphatic heterocycles. The van der Waals surface area contributed by atoms with Crippen molar-refractivity contribution in [2.75, 3.05) is 0 Å².